The van der Waals surface area contributed by atoms with Crippen LogP contribution in [0.3, 0.4) is 0 Å². The maximum atomic E-state index is 12.8. The molecule has 2 heterocycles. The molecule has 144 valence electrons. The van der Waals surface area contributed by atoms with Crippen molar-refractivity contribution in [2.75, 3.05) is 11.9 Å². The molecule has 0 radical (unpaired) electrons. The molecule has 0 aliphatic heterocycles. The lowest BCUT2D eigenvalue weighted by molar-refractivity contribution is 0.0957. The van der Waals surface area contributed by atoms with E-state index in [4.69, 9.17) is 0 Å². The Bertz CT molecular complexity index is 844. The van der Waals surface area contributed by atoms with Crippen LogP contribution in [-0.2, 0) is 12.8 Å². The molecule has 1 aliphatic rings. The largest absolute Gasteiger partial charge is 0.348 e. The van der Waals surface area contributed by atoms with E-state index in [1.165, 1.54) is 16.2 Å². The van der Waals surface area contributed by atoms with Gasteiger partial charge in [-0.05, 0) is 47.6 Å². The minimum atomic E-state index is -0.159. The molecule has 0 bridgehead atoms. The molecule has 0 fully saturated rings. The SMILES string of the molecule is C=CCNC(=O)c1c(NC(=O)c2cccs2)sc2c1CC[C@@H](C(C)(C)C)C2. The van der Waals surface area contributed by atoms with Crippen LogP contribution in [0, 0.1) is 11.3 Å². The number of nitrogens with one attached hydrogen (secondary N) is 2. The lowest BCUT2D eigenvalue weighted by atomic mass is 9.72. The summed E-state index contributed by atoms with van der Waals surface area (Å²) in [6, 6.07) is 3.64. The van der Waals surface area contributed by atoms with Crippen molar-refractivity contribution < 1.29 is 9.59 Å². The average molecular weight is 403 g/mol. The summed E-state index contributed by atoms with van der Waals surface area (Å²) in [4.78, 5) is 27.2. The number of hydrogen-bond acceptors (Lipinski definition) is 4. The predicted molar refractivity (Wildman–Crippen MR) is 114 cm³/mol. The minimum absolute atomic E-state index is 0.136. The molecule has 4 nitrogen and oxygen atoms in total. The molecule has 1 atom stereocenters. The van der Waals surface area contributed by atoms with E-state index in [0.29, 0.717) is 27.9 Å². The first kappa shape index (κ1) is 19.8. The number of carbonyl (C=O) groups excluding carboxylic acids is 2. The number of rotatable bonds is 5. The van der Waals surface area contributed by atoms with Crippen LogP contribution < -0.4 is 10.6 Å². The summed E-state index contributed by atoms with van der Waals surface area (Å²) in [7, 11) is 0. The van der Waals surface area contributed by atoms with Crippen LogP contribution in [-0.4, -0.2) is 18.4 Å². The molecule has 6 heteroatoms. The highest BCUT2D eigenvalue weighted by atomic mass is 32.1. The summed E-state index contributed by atoms with van der Waals surface area (Å²) < 4.78 is 0. The van der Waals surface area contributed by atoms with Crippen molar-refractivity contribution in [1.29, 1.82) is 0 Å². The maximum Gasteiger partial charge on any atom is 0.266 e. The number of carbonyl (C=O) groups is 2. The van der Waals surface area contributed by atoms with Gasteiger partial charge in [0.1, 0.15) is 5.00 Å². The van der Waals surface area contributed by atoms with Crippen LogP contribution >= 0.6 is 22.7 Å². The fraction of sp³-hybridized carbons (Fsp3) is 0.429. The van der Waals surface area contributed by atoms with E-state index in [9.17, 15) is 9.59 Å². The molecule has 2 N–H and O–H groups in total. The highest BCUT2D eigenvalue weighted by Gasteiger charge is 2.34. The summed E-state index contributed by atoms with van der Waals surface area (Å²) in [6.45, 7) is 10.9. The zero-order valence-corrected chi connectivity index (χ0v) is 17.7. The zero-order valence-electron chi connectivity index (χ0n) is 16.1. The smallest absolute Gasteiger partial charge is 0.266 e. The van der Waals surface area contributed by atoms with E-state index in [-0.39, 0.29) is 17.2 Å². The number of fused-ring (bicyclic) bond motifs is 1. The number of thiophene rings is 2. The van der Waals surface area contributed by atoms with Crippen LogP contribution in [0.1, 0.15) is 57.7 Å². The molecule has 2 aromatic heterocycles. The van der Waals surface area contributed by atoms with Gasteiger partial charge in [0.05, 0.1) is 10.4 Å². The molecular formula is C21H26N2O2S2. The monoisotopic (exact) mass is 402 g/mol. The van der Waals surface area contributed by atoms with Crippen molar-refractivity contribution in [2.45, 2.75) is 40.0 Å². The van der Waals surface area contributed by atoms with Gasteiger partial charge >= 0.3 is 0 Å². The van der Waals surface area contributed by atoms with Crippen LogP contribution in [0.15, 0.2) is 30.2 Å². The first-order valence-electron chi connectivity index (χ1n) is 9.19. The molecule has 27 heavy (non-hydrogen) atoms. The molecule has 0 saturated carbocycles. The fourth-order valence-corrected chi connectivity index (χ4v) is 5.42. The average Bonchev–Trinajstić information content (AvgIpc) is 3.25. The molecule has 1 aliphatic carbocycles. The second kappa shape index (κ2) is 7.98. The van der Waals surface area contributed by atoms with Gasteiger partial charge in [-0.25, -0.2) is 0 Å². The second-order valence-corrected chi connectivity index (χ2v) is 10.00. The topological polar surface area (TPSA) is 58.2 Å². The van der Waals surface area contributed by atoms with Crippen molar-refractivity contribution >= 4 is 39.5 Å². The number of hydrogen-bond donors (Lipinski definition) is 2. The van der Waals surface area contributed by atoms with Gasteiger partial charge in [0, 0.05) is 11.4 Å². The molecule has 0 saturated heterocycles. The lowest BCUT2D eigenvalue weighted by Gasteiger charge is -2.33. The molecular weight excluding hydrogens is 376 g/mol. The summed E-state index contributed by atoms with van der Waals surface area (Å²) >= 11 is 2.95. The molecule has 2 aromatic rings. The van der Waals surface area contributed by atoms with Gasteiger partial charge < -0.3 is 10.6 Å². The van der Waals surface area contributed by atoms with E-state index < -0.39 is 0 Å². The highest BCUT2D eigenvalue weighted by Crippen LogP contribution is 2.44. The Morgan fingerprint density at radius 2 is 2.11 bits per heavy atom. The summed E-state index contributed by atoms with van der Waals surface area (Å²) in [5, 5.41) is 8.40. The van der Waals surface area contributed by atoms with E-state index >= 15 is 0 Å². The predicted octanol–water partition coefficient (Wildman–Crippen LogP) is 5.13. The van der Waals surface area contributed by atoms with Crippen molar-refractivity contribution in [3.63, 3.8) is 0 Å². The van der Waals surface area contributed by atoms with Crippen molar-refractivity contribution in [1.82, 2.24) is 5.32 Å². The normalized spacial score (nSPS) is 16.5. The van der Waals surface area contributed by atoms with Crippen molar-refractivity contribution in [3.05, 3.63) is 51.0 Å². The summed E-state index contributed by atoms with van der Waals surface area (Å²) in [5.74, 6) is 0.283. The van der Waals surface area contributed by atoms with Gasteiger partial charge in [-0.2, -0.15) is 0 Å². The fourth-order valence-electron chi connectivity index (χ4n) is 3.48. The zero-order chi connectivity index (χ0) is 19.6. The van der Waals surface area contributed by atoms with Gasteiger partial charge in [-0.1, -0.05) is 32.9 Å². The third-order valence-corrected chi connectivity index (χ3v) is 7.13. The second-order valence-electron chi connectivity index (χ2n) is 7.94. The van der Waals surface area contributed by atoms with E-state index in [0.717, 1.165) is 24.8 Å². The third-order valence-electron chi connectivity index (χ3n) is 5.10. The van der Waals surface area contributed by atoms with Gasteiger partial charge in [-0.15, -0.1) is 29.3 Å². The van der Waals surface area contributed by atoms with Crippen LogP contribution in [0.2, 0.25) is 0 Å². The number of anilines is 1. The maximum absolute atomic E-state index is 12.8. The van der Waals surface area contributed by atoms with Crippen molar-refractivity contribution in [3.8, 4) is 0 Å². The molecule has 0 spiro atoms. The van der Waals surface area contributed by atoms with E-state index in [1.807, 2.05) is 11.4 Å². The Labute approximate surface area is 168 Å². The Hall–Kier alpha value is -1.92. The Morgan fingerprint density at radius 3 is 2.74 bits per heavy atom. The quantitative estimate of drug-likeness (QED) is 0.681. The lowest BCUT2D eigenvalue weighted by Crippen LogP contribution is -2.28. The standard InChI is InChI=1S/C21H26N2O2S2/c1-5-10-22-19(25)17-14-9-8-13(21(2,3)4)12-16(14)27-20(17)23-18(24)15-7-6-11-26-15/h5-7,11,13H,1,8-10,12H2,2-4H3,(H,22,25)(H,23,24)/t13-/m1/s1. The Balaban J connectivity index is 1.94. The molecule has 3 rings (SSSR count). The van der Waals surface area contributed by atoms with Gasteiger partial charge in [0.2, 0.25) is 0 Å². The molecule has 0 unspecified atom stereocenters. The van der Waals surface area contributed by atoms with Gasteiger partial charge in [0.15, 0.2) is 0 Å². The first-order valence-corrected chi connectivity index (χ1v) is 10.9. The third kappa shape index (κ3) is 4.33. The van der Waals surface area contributed by atoms with Gasteiger partial charge in [-0.3, -0.25) is 9.59 Å². The highest BCUT2D eigenvalue weighted by molar-refractivity contribution is 7.17. The van der Waals surface area contributed by atoms with E-state index in [1.54, 1.807) is 23.5 Å². The van der Waals surface area contributed by atoms with Crippen LogP contribution in [0.4, 0.5) is 5.00 Å². The molecule has 2 amide bonds. The van der Waals surface area contributed by atoms with Gasteiger partial charge in [0.25, 0.3) is 11.8 Å². The summed E-state index contributed by atoms with van der Waals surface area (Å²) in [6.07, 6.45) is 4.56. The minimum Gasteiger partial charge on any atom is -0.348 e. The summed E-state index contributed by atoms with van der Waals surface area (Å²) in [5.41, 5.74) is 1.96. The van der Waals surface area contributed by atoms with Crippen LogP contribution in [0.5, 0.6) is 0 Å². The first-order chi connectivity index (χ1) is 12.8. The number of amides is 2. The van der Waals surface area contributed by atoms with E-state index in [2.05, 4.69) is 38.0 Å². The van der Waals surface area contributed by atoms with Crippen molar-refractivity contribution in [2.24, 2.45) is 11.3 Å². The molecule has 0 aromatic carbocycles. The Morgan fingerprint density at radius 1 is 1.33 bits per heavy atom. The van der Waals surface area contributed by atoms with Crippen LogP contribution in [0.25, 0.3) is 0 Å². The Kier molecular flexibility index (Phi) is 5.86.